The van der Waals surface area contributed by atoms with Gasteiger partial charge in [-0.05, 0) is 25.0 Å². The van der Waals surface area contributed by atoms with Crippen molar-refractivity contribution >= 4 is 5.91 Å². The van der Waals surface area contributed by atoms with E-state index in [9.17, 15) is 4.79 Å². The van der Waals surface area contributed by atoms with Crippen LogP contribution in [0.3, 0.4) is 0 Å². The Morgan fingerprint density at radius 2 is 1.04 bits per heavy atom. The highest BCUT2D eigenvalue weighted by atomic mass is 16.2. The smallest absolute Gasteiger partial charge is 0.253 e. The molecule has 0 heterocycles. The second-order valence-corrected chi connectivity index (χ2v) is 7.90. The van der Waals surface area contributed by atoms with Crippen LogP contribution in [-0.4, -0.2) is 23.9 Å². The molecule has 0 bridgehead atoms. The van der Waals surface area contributed by atoms with E-state index in [0.717, 1.165) is 31.5 Å². The fraction of sp³-hybridized carbons (Fsp3) is 0.720. The SMILES string of the molecule is CCCCCCCCCN(CCCCCCCCC)C(=O)c1ccccc1. The third kappa shape index (κ3) is 11.9. The molecule has 154 valence electrons. The minimum atomic E-state index is 0.215. The molecule has 1 amide bonds. The van der Waals surface area contributed by atoms with E-state index in [1.807, 2.05) is 30.3 Å². The van der Waals surface area contributed by atoms with E-state index >= 15 is 0 Å². The van der Waals surface area contributed by atoms with Crippen LogP contribution in [0.25, 0.3) is 0 Å². The number of rotatable bonds is 17. The number of benzene rings is 1. The largest absolute Gasteiger partial charge is 0.339 e. The first-order valence-corrected chi connectivity index (χ1v) is 11.6. The van der Waals surface area contributed by atoms with Crippen LogP contribution in [0.15, 0.2) is 30.3 Å². The van der Waals surface area contributed by atoms with Gasteiger partial charge in [0.2, 0.25) is 0 Å². The predicted molar refractivity (Wildman–Crippen MR) is 118 cm³/mol. The highest BCUT2D eigenvalue weighted by molar-refractivity contribution is 5.94. The second kappa shape index (κ2) is 16.8. The Morgan fingerprint density at radius 3 is 1.48 bits per heavy atom. The number of carbonyl (C=O) groups excluding carboxylic acids is 1. The summed E-state index contributed by atoms with van der Waals surface area (Å²) in [5.41, 5.74) is 0.836. The molecule has 0 saturated heterocycles. The maximum Gasteiger partial charge on any atom is 0.253 e. The summed E-state index contributed by atoms with van der Waals surface area (Å²) in [7, 11) is 0. The molecule has 0 unspecified atom stereocenters. The van der Waals surface area contributed by atoms with Gasteiger partial charge in [-0.1, -0.05) is 109 Å². The molecule has 1 rings (SSSR count). The summed E-state index contributed by atoms with van der Waals surface area (Å²) in [6, 6.07) is 9.81. The lowest BCUT2D eigenvalue weighted by molar-refractivity contribution is 0.0749. The number of hydrogen-bond donors (Lipinski definition) is 0. The quantitative estimate of drug-likeness (QED) is 0.257. The molecular formula is C25H43NO. The van der Waals surface area contributed by atoms with Gasteiger partial charge in [0.1, 0.15) is 0 Å². The number of amides is 1. The Bertz CT molecular complexity index is 439. The molecule has 0 spiro atoms. The Kier molecular flexibility index (Phi) is 14.8. The van der Waals surface area contributed by atoms with Crippen molar-refractivity contribution in [3.8, 4) is 0 Å². The predicted octanol–water partition coefficient (Wildman–Crippen LogP) is 7.63. The third-order valence-electron chi connectivity index (χ3n) is 5.37. The van der Waals surface area contributed by atoms with Crippen molar-refractivity contribution in [2.75, 3.05) is 13.1 Å². The molecule has 0 atom stereocenters. The second-order valence-electron chi connectivity index (χ2n) is 7.90. The highest BCUT2D eigenvalue weighted by Gasteiger charge is 2.14. The molecule has 0 aliphatic rings. The summed E-state index contributed by atoms with van der Waals surface area (Å²) in [5.74, 6) is 0.215. The topological polar surface area (TPSA) is 20.3 Å². The number of unbranched alkanes of at least 4 members (excludes halogenated alkanes) is 12. The minimum Gasteiger partial charge on any atom is -0.339 e. The number of hydrogen-bond acceptors (Lipinski definition) is 1. The molecule has 2 heteroatoms. The van der Waals surface area contributed by atoms with Crippen LogP contribution in [0.4, 0.5) is 0 Å². The fourth-order valence-electron chi connectivity index (χ4n) is 3.60. The molecule has 27 heavy (non-hydrogen) atoms. The Balaban J connectivity index is 2.34. The van der Waals surface area contributed by atoms with Crippen LogP contribution in [0.1, 0.15) is 114 Å². The molecule has 0 aliphatic carbocycles. The van der Waals surface area contributed by atoms with E-state index in [4.69, 9.17) is 0 Å². The van der Waals surface area contributed by atoms with Crippen LogP contribution >= 0.6 is 0 Å². The lowest BCUT2D eigenvalue weighted by Gasteiger charge is -2.23. The van der Waals surface area contributed by atoms with Crippen LogP contribution in [0.2, 0.25) is 0 Å². The molecule has 0 saturated carbocycles. The fourth-order valence-corrected chi connectivity index (χ4v) is 3.60. The molecule has 0 N–H and O–H groups in total. The van der Waals surface area contributed by atoms with Gasteiger partial charge in [0.25, 0.3) is 5.91 Å². The van der Waals surface area contributed by atoms with Crippen molar-refractivity contribution in [3.05, 3.63) is 35.9 Å². The van der Waals surface area contributed by atoms with Crippen molar-refractivity contribution in [2.45, 2.75) is 104 Å². The average molecular weight is 374 g/mol. The lowest BCUT2D eigenvalue weighted by atomic mass is 10.1. The van der Waals surface area contributed by atoms with Gasteiger partial charge in [0.15, 0.2) is 0 Å². The van der Waals surface area contributed by atoms with Crippen molar-refractivity contribution < 1.29 is 4.79 Å². The molecule has 1 aromatic carbocycles. The van der Waals surface area contributed by atoms with Crippen LogP contribution in [0, 0.1) is 0 Å². The van der Waals surface area contributed by atoms with Crippen LogP contribution in [-0.2, 0) is 0 Å². The molecule has 0 aromatic heterocycles. The molecule has 1 aromatic rings. The summed E-state index contributed by atoms with van der Waals surface area (Å²) in [6.45, 7) is 6.35. The highest BCUT2D eigenvalue weighted by Crippen LogP contribution is 2.12. The van der Waals surface area contributed by atoms with Crippen molar-refractivity contribution in [2.24, 2.45) is 0 Å². The Hall–Kier alpha value is -1.31. The van der Waals surface area contributed by atoms with E-state index in [-0.39, 0.29) is 5.91 Å². The zero-order valence-corrected chi connectivity index (χ0v) is 18.1. The molecular weight excluding hydrogens is 330 g/mol. The maximum atomic E-state index is 12.9. The van der Waals surface area contributed by atoms with Crippen LogP contribution in [0.5, 0.6) is 0 Å². The van der Waals surface area contributed by atoms with Gasteiger partial charge in [0, 0.05) is 18.7 Å². The molecule has 0 radical (unpaired) electrons. The number of carbonyl (C=O) groups is 1. The van der Waals surface area contributed by atoms with E-state index in [1.165, 1.54) is 77.0 Å². The monoisotopic (exact) mass is 373 g/mol. The third-order valence-corrected chi connectivity index (χ3v) is 5.37. The van der Waals surface area contributed by atoms with Crippen molar-refractivity contribution in [1.29, 1.82) is 0 Å². The lowest BCUT2D eigenvalue weighted by Crippen LogP contribution is -2.33. The van der Waals surface area contributed by atoms with Gasteiger partial charge in [-0.25, -0.2) is 0 Å². The minimum absolute atomic E-state index is 0.215. The van der Waals surface area contributed by atoms with Crippen molar-refractivity contribution in [3.63, 3.8) is 0 Å². The zero-order valence-electron chi connectivity index (χ0n) is 18.1. The van der Waals surface area contributed by atoms with Crippen molar-refractivity contribution in [1.82, 2.24) is 4.90 Å². The summed E-state index contributed by atoms with van der Waals surface area (Å²) < 4.78 is 0. The van der Waals surface area contributed by atoms with Gasteiger partial charge in [-0.2, -0.15) is 0 Å². The van der Waals surface area contributed by atoms with E-state index in [1.54, 1.807) is 0 Å². The number of nitrogens with zero attached hydrogens (tertiary/aromatic N) is 1. The summed E-state index contributed by atoms with van der Waals surface area (Å²) in [6.07, 6.45) is 18.1. The van der Waals surface area contributed by atoms with Gasteiger partial charge < -0.3 is 4.90 Å². The van der Waals surface area contributed by atoms with E-state index in [0.29, 0.717) is 0 Å². The Morgan fingerprint density at radius 1 is 0.630 bits per heavy atom. The van der Waals surface area contributed by atoms with Gasteiger partial charge >= 0.3 is 0 Å². The summed E-state index contributed by atoms with van der Waals surface area (Å²) in [5, 5.41) is 0. The average Bonchev–Trinajstić information content (AvgIpc) is 2.71. The van der Waals surface area contributed by atoms with Gasteiger partial charge in [-0.3, -0.25) is 4.79 Å². The van der Waals surface area contributed by atoms with E-state index < -0.39 is 0 Å². The first-order valence-electron chi connectivity index (χ1n) is 11.6. The van der Waals surface area contributed by atoms with E-state index in [2.05, 4.69) is 18.7 Å². The molecule has 0 aliphatic heterocycles. The summed E-state index contributed by atoms with van der Waals surface area (Å²) in [4.78, 5) is 15.0. The van der Waals surface area contributed by atoms with Crippen LogP contribution < -0.4 is 0 Å². The van der Waals surface area contributed by atoms with Gasteiger partial charge in [-0.15, -0.1) is 0 Å². The Labute approximate surface area is 168 Å². The van der Waals surface area contributed by atoms with Gasteiger partial charge in [0.05, 0.1) is 0 Å². The molecule has 2 nitrogen and oxygen atoms in total. The standard InChI is InChI=1S/C25H43NO/c1-3-5-7-9-11-13-18-22-26(23-19-14-12-10-8-6-4-2)25(27)24-20-16-15-17-21-24/h15-17,20-21H,3-14,18-19,22-23H2,1-2H3. The first kappa shape index (κ1) is 23.7. The maximum absolute atomic E-state index is 12.9. The molecule has 0 fully saturated rings. The first-order chi connectivity index (χ1) is 13.3. The normalized spacial score (nSPS) is 10.9. The zero-order chi connectivity index (χ0) is 19.6. The summed E-state index contributed by atoms with van der Waals surface area (Å²) >= 11 is 0.